The van der Waals surface area contributed by atoms with E-state index in [9.17, 15) is 19.5 Å². The third kappa shape index (κ3) is 5.76. The normalized spacial score (nSPS) is 25.7. The van der Waals surface area contributed by atoms with E-state index in [2.05, 4.69) is 5.32 Å². The van der Waals surface area contributed by atoms with E-state index in [0.29, 0.717) is 34.1 Å². The summed E-state index contributed by atoms with van der Waals surface area (Å²) in [7, 11) is -3.46. The van der Waals surface area contributed by atoms with E-state index in [4.69, 9.17) is 16.3 Å². The summed E-state index contributed by atoms with van der Waals surface area (Å²) in [6, 6.07) is 21.2. The molecule has 0 aromatic heterocycles. The Bertz CT molecular complexity index is 1640. The average molecular weight is 664 g/mol. The molecule has 2 N–H and O–H groups in total. The van der Waals surface area contributed by atoms with Crippen LogP contribution in [-0.2, 0) is 26.5 Å². The molecule has 3 amide bonds. The number of amides is 3. The Kier molecular flexibility index (Phi) is 8.84. The fourth-order valence-corrected chi connectivity index (χ4v) is 10.4. The molecule has 3 aromatic carbocycles. The van der Waals surface area contributed by atoms with Crippen LogP contribution in [0.5, 0.6) is 0 Å². The van der Waals surface area contributed by atoms with Crippen molar-refractivity contribution in [3.05, 3.63) is 94.5 Å². The second-order valence-electron chi connectivity index (χ2n) is 13.1. The van der Waals surface area contributed by atoms with Gasteiger partial charge in [-0.15, -0.1) is 0 Å². The summed E-state index contributed by atoms with van der Waals surface area (Å²) in [4.78, 5) is 44.0. The quantitative estimate of drug-likeness (QED) is 0.218. The Balaban J connectivity index is 1.28. The maximum atomic E-state index is 16.2. The molecule has 3 aliphatic rings. The predicted octanol–water partition coefficient (Wildman–Crippen LogP) is 6.29. The number of nitrogens with one attached hydrogen (secondary N) is 1. The molecule has 11 heteroatoms. The highest BCUT2D eigenvalue weighted by Gasteiger charge is 2.67. The number of likely N-dealkylation sites (tertiary alicyclic amines) is 1. The molecule has 3 aliphatic heterocycles. The van der Waals surface area contributed by atoms with E-state index >= 15 is 4.11 Å². The zero-order chi connectivity index (χ0) is 32.8. The SMILES string of the molecule is C[C@@H]1[C@@H]([Si](C)(C)F)[C@H](CC(=O)N2CCC[C@H]2CO)O[C@@]12C(=O)N(Cc1ccc(NC(=O)c3ccccc3)cc1)c1ccc(Cl)cc12. The number of hydrogen-bond donors (Lipinski definition) is 2. The van der Waals surface area contributed by atoms with Crippen LogP contribution in [0.1, 0.15) is 47.7 Å². The number of ether oxygens (including phenoxy) is 1. The minimum atomic E-state index is -3.46. The summed E-state index contributed by atoms with van der Waals surface area (Å²) < 4.78 is 22.9. The van der Waals surface area contributed by atoms with E-state index in [1.54, 1.807) is 77.5 Å². The van der Waals surface area contributed by atoms with Crippen molar-refractivity contribution in [2.75, 3.05) is 23.4 Å². The lowest BCUT2D eigenvalue weighted by atomic mass is 9.82. The molecule has 3 heterocycles. The van der Waals surface area contributed by atoms with Gasteiger partial charge in [-0.05, 0) is 74.0 Å². The molecule has 46 heavy (non-hydrogen) atoms. The molecule has 2 saturated heterocycles. The minimum absolute atomic E-state index is 0.0626. The first-order valence-electron chi connectivity index (χ1n) is 15.8. The summed E-state index contributed by atoms with van der Waals surface area (Å²) in [5.74, 6) is -1.29. The van der Waals surface area contributed by atoms with Crippen molar-refractivity contribution in [3.63, 3.8) is 0 Å². The van der Waals surface area contributed by atoms with E-state index in [1.165, 1.54) is 0 Å². The fourth-order valence-electron chi connectivity index (χ4n) is 7.69. The van der Waals surface area contributed by atoms with Crippen LogP contribution in [0.2, 0.25) is 23.7 Å². The summed E-state index contributed by atoms with van der Waals surface area (Å²) >= 11 is 6.49. The first kappa shape index (κ1) is 32.4. The third-order valence-corrected chi connectivity index (χ3v) is 12.5. The van der Waals surface area contributed by atoms with E-state index in [1.807, 2.05) is 25.1 Å². The molecule has 8 nitrogen and oxygen atoms in total. The van der Waals surface area contributed by atoms with Crippen molar-refractivity contribution >= 4 is 49.1 Å². The van der Waals surface area contributed by atoms with Crippen LogP contribution in [0.3, 0.4) is 0 Å². The zero-order valence-electron chi connectivity index (χ0n) is 26.2. The van der Waals surface area contributed by atoms with Crippen LogP contribution in [0, 0.1) is 5.92 Å². The monoisotopic (exact) mass is 663 g/mol. The molecule has 6 rings (SSSR count). The highest BCUT2D eigenvalue weighted by atomic mass is 35.5. The minimum Gasteiger partial charge on any atom is -0.394 e. The average Bonchev–Trinajstić information content (AvgIpc) is 3.69. The van der Waals surface area contributed by atoms with Gasteiger partial charge in [0.1, 0.15) is 0 Å². The predicted molar refractivity (Wildman–Crippen MR) is 178 cm³/mol. The van der Waals surface area contributed by atoms with Crippen molar-refractivity contribution in [2.24, 2.45) is 5.92 Å². The van der Waals surface area contributed by atoms with Crippen LogP contribution < -0.4 is 10.2 Å². The highest BCUT2D eigenvalue weighted by Crippen LogP contribution is 2.60. The molecule has 1 spiro atoms. The number of carbonyl (C=O) groups is 3. The molecular formula is C35H39ClFN3O5Si. The number of aliphatic hydroxyl groups is 1. The lowest BCUT2D eigenvalue weighted by molar-refractivity contribution is -0.150. The summed E-state index contributed by atoms with van der Waals surface area (Å²) in [6.07, 6.45) is 0.653. The number of benzene rings is 3. The van der Waals surface area contributed by atoms with Crippen LogP contribution >= 0.6 is 11.6 Å². The van der Waals surface area contributed by atoms with Crippen LogP contribution in [0.25, 0.3) is 0 Å². The van der Waals surface area contributed by atoms with Gasteiger partial charge in [0.25, 0.3) is 11.8 Å². The molecule has 0 radical (unpaired) electrons. The molecule has 0 bridgehead atoms. The smallest absolute Gasteiger partial charge is 0.264 e. The Hall–Kier alpha value is -3.57. The molecule has 3 aromatic rings. The number of hydrogen-bond acceptors (Lipinski definition) is 5. The molecule has 0 unspecified atom stereocenters. The number of fused-ring (bicyclic) bond motifs is 2. The molecule has 5 atom stereocenters. The van der Waals surface area contributed by atoms with Gasteiger partial charge in [0.05, 0.1) is 37.4 Å². The van der Waals surface area contributed by atoms with Gasteiger partial charge in [-0.2, -0.15) is 0 Å². The van der Waals surface area contributed by atoms with Crippen LogP contribution in [0.15, 0.2) is 72.8 Å². The van der Waals surface area contributed by atoms with Crippen molar-refractivity contribution in [2.45, 2.75) is 69.1 Å². The molecular weight excluding hydrogens is 625 g/mol. The van der Waals surface area contributed by atoms with Gasteiger partial charge in [0.15, 0.2) is 5.60 Å². The summed E-state index contributed by atoms with van der Waals surface area (Å²) in [6.45, 7) is 5.70. The number of rotatable bonds is 8. The first-order chi connectivity index (χ1) is 21.9. The number of nitrogens with zero attached hydrogens (tertiary/aromatic N) is 2. The number of carbonyl (C=O) groups excluding carboxylic acids is 3. The maximum Gasteiger partial charge on any atom is 0.264 e. The Morgan fingerprint density at radius 3 is 2.50 bits per heavy atom. The van der Waals surface area contributed by atoms with Crippen molar-refractivity contribution in [1.29, 1.82) is 0 Å². The fraction of sp³-hybridized carbons (Fsp3) is 0.400. The number of halogens is 2. The Morgan fingerprint density at radius 1 is 1.11 bits per heavy atom. The van der Waals surface area contributed by atoms with Gasteiger partial charge in [-0.25, -0.2) is 0 Å². The Morgan fingerprint density at radius 2 is 1.83 bits per heavy atom. The second-order valence-corrected chi connectivity index (χ2v) is 17.3. The Labute approximate surface area is 274 Å². The number of aliphatic hydroxyl groups excluding tert-OH is 1. The second kappa shape index (κ2) is 12.6. The molecule has 2 fully saturated rings. The van der Waals surface area contributed by atoms with Gasteiger partial charge in [-0.3, -0.25) is 14.4 Å². The van der Waals surface area contributed by atoms with Crippen molar-refractivity contribution in [1.82, 2.24) is 4.90 Å². The third-order valence-electron chi connectivity index (χ3n) is 9.80. The van der Waals surface area contributed by atoms with Crippen LogP contribution in [-0.4, -0.2) is 61.4 Å². The molecule has 0 saturated carbocycles. The molecule has 242 valence electrons. The summed E-state index contributed by atoms with van der Waals surface area (Å²) in [5, 5.41) is 13.1. The highest BCUT2D eigenvalue weighted by molar-refractivity contribution is 6.72. The lowest BCUT2D eigenvalue weighted by Gasteiger charge is -2.31. The number of anilines is 2. The topological polar surface area (TPSA) is 99.2 Å². The van der Waals surface area contributed by atoms with Gasteiger partial charge in [0, 0.05) is 39.8 Å². The largest absolute Gasteiger partial charge is 0.394 e. The summed E-state index contributed by atoms with van der Waals surface area (Å²) in [5.41, 5.74) is 1.07. The first-order valence-corrected chi connectivity index (χ1v) is 19.1. The van der Waals surface area contributed by atoms with Gasteiger partial charge in [-0.1, -0.05) is 48.9 Å². The van der Waals surface area contributed by atoms with E-state index < -0.39 is 31.6 Å². The molecule has 0 aliphatic carbocycles. The maximum absolute atomic E-state index is 16.2. The van der Waals surface area contributed by atoms with Gasteiger partial charge < -0.3 is 29.1 Å². The van der Waals surface area contributed by atoms with Crippen molar-refractivity contribution in [3.8, 4) is 0 Å². The van der Waals surface area contributed by atoms with Gasteiger partial charge in [0.2, 0.25) is 14.3 Å². The van der Waals surface area contributed by atoms with E-state index in [0.717, 1.165) is 18.4 Å². The standard InChI is InChI=1S/C35H39ClFN3O5Si/c1-22-32(46(2,3)37)30(19-31(42)39-17-7-10-27(39)21-41)45-35(22)28-18-25(36)13-16-29(28)40(34(35)44)20-23-11-14-26(15-12-23)38-33(43)24-8-5-4-6-9-24/h4-6,8-9,11-16,18,22,27,30,32,41H,7,10,17,19-21H2,1-3H3,(H,38,43)/t22-,27+,30+,32-,35+/m1/s1. The van der Waals surface area contributed by atoms with Gasteiger partial charge >= 0.3 is 0 Å². The van der Waals surface area contributed by atoms with Crippen LogP contribution in [0.4, 0.5) is 15.5 Å². The lowest BCUT2D eigenvalue weighted by Crippen LogP contribution is -2.45. The van der Waals surface area contributed by atoms with Crippen molar-refractivity contribution < 1.29 is 28.3 Å². The zero-order valence-corrected chi connectivity index (χ0v) is 28.0. The van der Waals surface area contributed by atoms with E-state index in [-0.39, 0.29) is 43.3 Å².